The number of hydrogen-bond acceptors (Lipinski definition) is 6. The van der Waals surface area contributed by atoms with E-state index >= 15 is 0 Å². The van der Waals surface area contributed by atoms with E-state index in [2.05, 4.69) is 28.2 Å². The van der Waals surface area contributed by atoms with Gasteiger partial charge in [0.25, 0.3) is 10.1 Å². The Morgan fingerprint density at radius 2 is 1.97 bits per heavy atom. The predicted octanol–water partition coefficient (Wildman–Crippen LogP) is 3.42. The third-order valence-electron chi connectivity index (χ3n) is 5.18. The Hall–Kier alpha value is -1.57. The monoisotopic (exact) mass is 423 g/mol. The van der Waals surface area contributed by atoms with Crippen LogP contribution < -0.4 is 5.32 Å². The fraction of sp³-hybridized carbons (Fsp3) is 0.667. The highest BCUT2D eigenvalue weighted by Crippen LogP contribution is 2.19. The van der Waals surface area contributed by atoms with Crippen LogP contribution in [0.25, 0.3) is 0 Å². The summed E-state index contributed by atoms with van der Waals surface area (Å²) < 4.78 is 35.8. The molecule has 0 spiro atoms. The van der Waals surface area contributed by atoms with Crippen LogP contribution >= 0.6 is 0 Å². The summed E-state index contributed by atoms with van der Waals surface area (Å²) in [7, 11) is -4.05. The second-order valence-corrected chi connectivity index (χ2v) is 9.14. The van der Waals surface area contributed by atoms with Gasteiger partial charge in [-0.25, -0.2) is 9.98 Å². The van der Waals surface area contributed by atoms with Crippen molar-refractivity contribution < 1.29 is 17.7 Å². The summed E-state index contributed by atoms with van der Waals surface area (Å²) in [6, 6.07) is 8.27. The van der Waals surface area contributed by atoms with E-state index in [1.807, 2.05) is 6.92 Å². The number of aryl methyl sites for hydroxylation is 2. The summed E-state index contributed by atoms with van der Waals surface area (Å²) in [6.45, 7) is 8.20. The summed E-state index contributed by atoms with van der Waals surface area (Å²) in [5, 5.41) is 3.31. The molecular weight excluding hydrogens is 390 g/mol. The van der Waals surface area contributed by atoms with Gasteiger partial charge in [-0.05, 0) is 45.2 Å². The highest BCUT2D eigenvalue weighted by molar-refractivity contribution is 7.85. The topological polar surface area (TPSA) is 100 Å². The van der Waals surface area contributed by atoms with Gasteiger partial charge in [0, 0.05) is 13.1 Å². The van der Waals surface area contributed by atoms with E-state index in [9.17, 15) is 8.42 Å². The summed E-state index contributed by atoms with van der Waals surface area (Å²) >= 11 is 0. The molecule has 8 heteroatoms. The van der Waals surface area contributed by atoms with Gasteiger partial charge in [-0.15, -0.1) is 0 Å². The van der Waals surface area contributed by atoms with E-state index in [0.29, 0.717) is 11.6 Å². The van der Waals surface area contributed by atoms with Gasteiger partial charge < -0.3 is 10.1 Å². The molecule has 0 amide bonds. The Morgan fingerprint density at radius 1 is 1.24 bits per heavy atom. The zero-order valence-corrected chi connectivity index (χ0v) is 18.4. The minimum atomic E-state index is -4.05. The number of nitrogens with zero attached hydrogens (tertiary/aromatic N) is 2. The van der Waals surface area contributed by atoms with Crippen molar-refractivity contribution >= 4 is 16.1 Å². The Bertz CT molecular complexity index is 807. The molecule has 2 fully saturated rings. The minimum absolute atomic E-state index is 0.0203. The molecule has 1 aromatic rings. The Kier molecular flexibility index (Phi) is 9.46. The van der Waals surface area contributed by atoms with E-state index in [1.54, 1.807) is 19.1 Å². The fourth-order valence-corrected chi connectivity index (χ4v) is 4.19. The SMILES string of the molecule is CC(N=C=NC1CCCCC1)C1CNCCO1.Cc1ccc(S(=O)(=O)O)c(C)c1. The largest absolute Gasteiger partial charge is 0.373 e. The van der Waals surface area contributed by atoms with Crippen LogP contribution in [-0.4, -0.2) is 56.9 Å². The van der Waals surface area contributed by atoms with Crippen LogP contribution in [0.2, 0.25) is 0 Å². The zero-order chi connectivity index (χ0) is 21.3. The van der Waals surface area contributed by atoms with Crippen molar-refractivity contribution in [3.8, 4) is 0 Å². The average Bonchev–Trinajstić information content (AvgIpc) is 2.69. The summed E-state index contributed by atoms with van der Waals surface area (Å²) in [5.41, 5.74) is 1.54. The predicted molar refractivity (Wildman–Crippen MR) is 115 cm³/mol. The number of aliphatic imine (C=N–C) groups is 2. The second-order valence-electron chi connectivity index (χ2n) is 7.75. The molecule has 3 rings (SSSR count). The highest BCUT2D eigenvalue weighted by atomic mass is 32.2. The van der Waals surface area contributed by atoms with Crippen LogP contribution in [0.4, 0.5) is 0 Å². The highest BCUT2D eigenvalue weighted by Gasteiger charge is 2.19. The molecule has 1 aromatic carbocycles. The molecule has 2 unspecified atom stereocenters. The lowest BCUT2D eigenvalue weighted by Gasteiger charge is -2.25. The van der Waals surface area contributed by atoms with Gasteiger partial charge in [0.15, 0.2) is 0 Å². The number of hydrogen-bond donors (Lipinski definition) is 2. The zero-order valence-electron chi connectivity index (χ0n) is 17.6. The van der Waals surface area contributed by atoms with Crippen molar-refractivity contribution in [2.75, 3.05) is 19.7 Å². The van der Waals surface area contributed by atoms with Crippen LogP contribution in [0.3, 0.4) is 0 Å². The first kappa shape index (κ1) is 23.7. The third kappa shape index (κ3) is 8.36. The molecule has 1 heterocycles. The van der Waals surface area contributed by atoms with Gasteiger partial charge in [0.1, 0.15) is 0 Å². The molecule has 0 radical (unpaired) electrons. The molecule has 2 N–H and O–H groups in total. The van der Waals surface area contributed by atoms with E-state index in [1.165, 1.54) is 38.2 Å². The van der Waals surface area contributed by atoms with E-state index in [4.69, 9.17) is 9.29 Å². The summed E-state index contributed by atoms with van der Waals surface area (Å²) in [4.78, 5) is 8.77. The molecule has 162 valence electrons. The van der Waals surface area contributed by atoms with Crippen molar-refractivity contribution in [3.63, 3.8) is 0 Å². The molecule has 2 aliphatic rings. The van der Waals surface area contributed by atoms with Gasteiger partial charge in [-0.2, -0.15) is 8.42 Å². The second kappa shape index (κ2) is 11.6. The van der Waals surface area contributed by atoms with E-state index in [0.717, 1.165) is 25.3 Å². The van der Waals surface area contributed by atoms with Crippen molar-refractivity contribution in [1.82, 2.24) is 5.32 Å². The molecule has 0 aromatic heterocycles. The van der Waals surface area contributed by atoms with E-state index in [-0.39, 0.29) is 17.0 Å². The first-order valence-corrected chi connectivity index (χ1v) is 11.7. The van der Waals surface area contributed by atoms with Gasteiger partial charge in [0.2, 0.25) is 0 Å². The van der Waals surface area contributed by atoms with Crippen molar-refractivity contribution in [2.45, 2.75) is 76.0 Å². The molecular formula is C21H33N3O4S. The van der Waals surface area contributed by atoms with Crippen LogP contribution in [0.5, 0.6) is 0 Å². The molecule has 29 heavy (non-hydrogen) atoms. The van der Waals surface area contributed by atoms with Gasteiger partial charge in [-0.3, -0.25) is 4.55 Å². The first-order chi connectivity index (χ1) is 13.8. The lowest BCUT2D eigenvalue weighted by atomic mass is 9.96. The Balaban J connectivity index is 0.000000221. The molecule has 1 aliphatic carbocycles. The van der Waals surface area contributed by atoms with Gasteiger partial charge in [-0.1, -0.05) is 37.0 Å². The molecule has 1 saturated carbocycles. The standard InChI is InChI=1S/C13H23N3O.C8H10O3S/c1-11(13-9-14-7-8-17-13)15-10-16-12-5-3-2-4-6-12;1-6-3-4-8(7(2)5-6)12(9,10)11/h11-14H,2-9H2,1H3;3-5H,1-2H3,(H,9,10,11). The van der Waals surface area contributed by atoms with Crippen molar-refractivity contribution in [3.05, 3.63) is 29.3 Å². The number of morpholine rings is 1. The molecule has 2 atom stereocenters. The van der Waals surface area contributed by atoms with Crippen molar-refractivity contribution in [2.24, 2.45) is 9.98 Å². The lowest BCUT2D eigenvalue weighted by Crippen LogP contribution is -2.43. The number of ether oxygens (including phenoxy) is 1. The summed E-state index contributed by atoms with van der Waals surface area (Å²) in [6.07, 6.45) is 6.57. The smallest absolute Gasteiger partial charge is 0.294 e. The Labute approximate surface area is 174 Å². The van der Waals surface area contributed by atoms with Crippen LogP contribution in [0.15, 0.2) is 33.1 Å². The molecule has 1 aliphatic heterocycles. The fourth-order valence-electron chi connectivity index (χ4n) is 3.48. The first-order valence-electron chi connectivity index (χ1n) is 10.3. The third-order valence-corrected chi connectivity index (χ3v) is 6.19. The van der Waals surface area contributed by atoms with Gasteiger partial charge in [0.05, 0.1) is 35.7 Å². The molecule has 0 bridgehead atoms. The molecule has 7 nitrogen and oxygen atoms in total. The number of rotatable bonds is 4. The summed E-state index contributed by atoms with van der Waals surface area (Å²) in [5.74, 6) is 0. The quantitative estimate of drug-likeness (QED) is 0.571. The van der Waals surface area contributed by atoms with Crippen LogP contribution in [0, 0.1) is 13.8 Å². The van der Waals surface area contributed by atoms with Crippen LogP contribution in [-0.2, 0) is 14.9 Å². The maximum absolute atomic E-state index is 10.7. The average molecular weight is 424 g/mol. The van der Waals surface area contributed by atoms with Crippen molar-refractivity contribution in [1.29, 1.82) is 0 Å². The van der Waals surface area contributed by atoms with Gasteiger partial charge >= 0.3 is 0 Å². The lowest BCUT2D eigenvalue weighted by molar-refractivity contribution is 0.0169. The minimum Gasteiger partial charge on any atom is -0.373 e. The number of benzene rings is 1. The van der Waals surface area contributed by atoms with E-state index < -0.39 is 10.1 Å². The number of nitrogens with one attached hydrogen (secondary N) is 1. The van der Waals surface area contributed by atoms with Crippen LogP contribution in [0.1, 0.15) is 50.2 Å². The maximum Gasteiger partial charge on any atom is 0.294 e. The molecule has 1 saturated heterocycles. The Morgan fingerprint density at radius 3 is 2.55 bits per heavy atom. The maximum atomic E-state index is 10.7. The normalized spacial score (nSPS) is 21.3.